The van der Waals surface area contributed by atoms with Crippen LogP contribution in [0.25, 0.3) is 10.8 Å². The second-order valence-corrected chi connectivity index (χ2v) is 4.59. The van der Waals surface area contributed by atoms with Crippen molar-refractivity contribution < 1.29 is 15.3 Å². The first-order valence-electron chi connectivity index (χ1n) is 6.28. The maximum atomic E-state index is 9.51. The molecule has 0 aromatic heterocycles. The van der Waals surface area contributed by atoms with Gasteiger partial charge in [-0.15, -0.1) is 0 Å². The zero-order valence-electron chi connectivity index (χ0n) is 10.9. The summed E-state index contributed by atoms with van der Waals surface area (Å²) in [6.45, 7) is 0. The predicted octanol–water partition coefficient (Wildman–Crippen LogP) is 4.37. The highest BCUT2D eigenvalue weighted by molar-refractivity contribution is 5.88. The summed E-state index contributed by atoms with van der Waals surface area (Å²) in [5, 5.41) is 37.9. The molecule has 0 aliphatic heterocycles. The molecule has 0 amide bonds. The van der Waals surface area contributed by atoms with Gasteiger partial charge < -0.3 is 15.3 Å². The van der Waals surface area contributed by atoms with Crippen molar-refractivity contribution in [2.24, 2.45) is 10.2 Å². The second-order valence-electron chi connectivity index (χ2n) is 4.59. The smallest absolute Gasteiger partial charge is 0.158 e. The molecule has 5 heteroatoms. The van der Waals surface area contributed by atoms with E-state index in [4.69, 9.17) is 0 Å². The molecule has 0 saturated carbocycles. The number of phenolic OH excluding ortho intramolecular Hbond substituents is 3. The molecule has 3 aromatic rings. The molecule has 0 aliphatic carbocycles. The Bertz CT molecular complexity index is 827. The van der Waals surface area contributed by atoms with Gasteiger partial charge in [-0.05, 0) is 59.3 Å². The first-order chi connectivity index (χ1) is 10.1. The maximum absolute atomic E-state index is 9.51. The summed E-state index contributed by atoms with van der Waals surface area (Å²) in [6.07, 6.45) is 0. The molecular weight excluding hydrogens is 268 g/mol. The van der Waals surface area contributed by atoms with E-state index < -0.39 is 0 Å². The fourth-order valence-electron chi connectivity index (χ4n) is 1.96. The normalized spacial score (nSPS) is 11.2. The van der Waals surface area contributed by atoms with Crippen LogP contribution >= 0.6 is 0 Å². The van der Waals surface area contributed by atoms with Gasteiger partial charge in [-0.1, -0.05) is 6.07 Å². The molecule has 0 radical (unpaired) electrons. The van der Waals surface area contributed by atoms with E-state index in [0.29, 0.717) is 11.4 Å². The van der Waals surface area contributed by atoms with E-state index in [-0.39, 0.29) is 17.2 Å². The SMILES string of the molecule is Oc1ccc(N=Nc2ccc3cc(O)c(O)cc3c2)cc1. The van der Waals surface area contributed by atoms with Gasteiger partial charge in [0.05, 0.1) is 11.4 Å². The molecule has 3 aromatic carbocycles. The lowest BCUT2D eigenvalue weighted by molar-refractivity contribution is 0.405. The average Bonchev–Trinajstić information content (AvgIpc) is 2.48. The summed E-state index contributed by atoms with van der Waals surface area (Å²) in [4.78, 5) is 0. The number of rotatable bonds is 2. The van der Waals surface area contributed by atoms with Gasteiger partial charge in [0.15, 0.2) is 11.5 Å². The van der Waals surface area contributed by atoms with Crippen LogP contribution in [0.5, 0.6) is 17.2 Å². The summed E-state index contributed by atoms with van der Waals surface area (Å²) in [6, 6.07) is 14.7. The number of nitrogens with zero attached hydrogens (tertiary/aromatic N) is 2. The summed E-state index contributed by atoms with van der Waals surface area (Å²) in [7, 11) is 0. The van der Waals surface area contributed by atoms with Crippen molar-refractivity contribution in [3.05, 3.63) is 54.6 Å². The first-order valence-corrected chi connectivity index (χ1v) is 6.28. The molecule has 0 spiro atoms. The molecule has 0 saturated heterocycles. The van der Waals surface area contributed by atoms with Gasteiger partial charge in [0.2, 0.25) is 0 Å². The van der Waals surface area contributed by atoms with Crippen molar-refractivity contribution in [2.75, 3.05) is 0 Å². The van der Waals surface area contributed by atoms with Gasteiger partial charge in [-0.2, -0.15) is 10.2 Å². The number of azo groups is 1. The molecule has 0 atom stereocenters. The zero-order valence-corrected chi connectivity index (χ0v) is 10.9. The second kappa shape index (κ2) is 5.13. The van der Waals surface area contributed by atoms with Crippen LogP contribution in [0.4, 0.5) is 11.4 Å². The number of hydrogen-bond acceptors (Lipinski definition) is 5. The molecule has 0 bridgehead atoms. The van der Waals surface area contributed by atoms with E-state index in [9.17, 15) is 15.3 Å². The zero-order chi connectivity index (χ0) is 14.8. The lowest BCUT2D eigenvalue weighted by atomic mass is 10.1. The summed E-state index contributed by atoms with van der Waals surface area (Å²) >= 11 is 0. The largest absolute Gasteiger partial charge is 0.508 e. The van der Waals surface area contributed by atoms with Crippen molar-refractivity contribution in [2.45, 2.75) is 0 Å². The molecule has 21 heavy (non-hydrogen) atoms. The highest BCUT2D eigenvalue weighted by Gasteiger charge is 2.03. The Balaban J connectivity index is 1.94. The van der Waals surface area contributed by atoms with Gasteiger partial charge >= 0.3 is 0 Å². The predicted molar refractivity (Wildman–Crippen MR) is 79.6 cm³/mol. The van der Waals surface area contributed by atoms with Crippen LogP contribution < -0.4 is 0 Å². The van der Waals surface area contributed by atoms with Crippen LogP contribution in [0.2, 0.25) is 0 Å². The van der Waals surface area contributed by atoms with Gasteiger partial charge in [-0.25, -0.2) is 0 Å². The third kappa shape index (κ3) is 2.76. The summed E-state index contributed by atoms with van der Waals surface area (Å²) in [5.74, 6) is -0.147. The Labute approximate surface area is 120 Å². The third-order valence-corrected chi connectivity index (χ3v) is 3.05. The Kier molecular flexibility index (Phi) is 3.16. The lowest BCUT2D eigenvalue weighted by Crippen LogP contribution is -1.74. The minimum Gasteiger partial charge on any atom is -0.508 e. The van der Waals surface area contributed by atoms with E-state index in [1.54, 1.807) is 30.3 Å². The van der Waals surface area contributed by atoms with E-state index in [0.717, 1.165) is 10.8 Å². The molecule has 3 rings (SSSR count). The van der Waals surface area contributed by atoms with Crippen molar-refractivity contribution in [1.29, 1.82) is 0 Å². The standard InChI is InChI=1S/C16H12N2O3/c19-14-5-3-12(4-6-14)17-18-13-2-1-10-8-15(20)16(21)9-11(10)7-13/h1-9,19-21H. The molecule has 104 valence electrons. The van der Waals surface area contributed by atoms with Crippen LogP contribution in [-0.4, -0.2) is 15.3 Å². The monoisotopic (exact) mass is 280 g/mol. The summed E-state index contributed by atoms with van der Waals surface area (Å²) < 4.78 is 0. The van der Waals surface area contributed by atoms with Crippen molar-refractivity contribution >= 4 is 22.1 Å². The Morgan fingerprint density at radius 1 is 0.571 bits per heavy atom. The van der Waals surface area contributed by atoms with Crippen LogP contribution in [0, 0.1) is 0 Å². The van der Waals surface area contributed by atoms with Crippen molar-refractivity contribution in [1.82, 2.24) is 0 Å². The Hall–Kier alpha value is -3.08. The first kappa shape index (κ1) is 12.9. The van der Waals surface area contributed by atoms with Crippen LogP contribution in [0.15, 0.2) is 64.8 Å². The van der Waals surface area contributed by atoms with Gasteiger partial charge in [-0.3, -0.25) is 0 Å². The number of aromatic hydroxyl groups is 3. The van der Waals surface area contributed by atoms with Crippen molar-refractivity contribution in [3.8, 4) is 17.2 Å². The van der Waals surface area contributed by atoms with E-state index >= 15 is 0 Å². The fourth-order valence-corrected chi connectivity index (χ4v) is 1.96. The molecule has 0 fully saturated rings. The minimum absolute atomic E-state index is 0.152. The quantitative estimate of drug-likeness (QED) is 0.481. The molecule has 0 unspecified atom stereocenters. The van der Waals surface area contributed by atoms with Crippen LogP contribution in [-0.2, 0) is 0 Å². The number of phenols is 3. The van der Waals surface area contributed by atoms with Gasteiger partial charge in [0, 0.05) is 0 Å². The lowest BCUT2D eigenvalue weighted by Gasteiger charge is -2.02. The van der Waals surface area contributed by atoms with Crippen LogP contribution in [0.3, 0.4) is 0 Å². The minimum atomic E-state index is -0.171. The summed E-state index contributed by atoms with van der Waals surface area (Å²) in [5.41, 5.74) is 1.25. The van der Waals surface area contributed by atoms with E-state index in [1.807, 2.05) is 0 Å². The van der Waals surface area contributed by atoms with Crippen molar-refractivity contribution in [3.63, 3.8) is 0 Å². The third-order valence-electron chi connectivity index (χ3n) is 3.05. The molecule has 5 nitrogen and oxygen atoms in total. The molecule has 3 N–H and O–H groups in total. The van der Waals surface area contributed by atoms with Gasteiger partial charge in [0.25, 0.3) is 0 Å². The highest BCUT2D eigenvalue weighted by atomic mass is 16.3. The fraction of sp³-hybridized carbons (Fsp3) is 0. The number of fused-ring (bicyclic) bond motifs is 1. The van der Waals surface area contributed by atoms with E-state index in [2.05, 4.69) is 10.2 Å². The number of benzene rings is 3. The average molecular weight is 280 g/mol. The Morgan fingerprint density at radius 2 is 1.14 bits per heavy atom. The van der Waals surface area contributed by atoms with Gasteiger partial charge in [0.1, 0.15) is 5.75 Å². The topological polar surface area (TPSA) is 85.4 Å². The maximum Gasteiger partial charge on any atom is 0.158 e. The van der Waals surface area contributed by atoms with Crippen LogP contribution in [0.1, 0.15) is 0 Å². The molecule has 0 heterocycles. The Morgan fingerprint density at radius 3 is 1.86 bits per heavy atom. The van der Waals surface area contributed by atoms with E-state index in [1.165, 1.54) is 24.3 Å². The molecular formula is C16H12N2O3. The number of hydrogen-bond donors (Lipinski definition) is 3. The highest BCUT2D eigenvalue weighted by Crippen LogP contribution is 2.32. The molecule has 0 aliphatic rings.